The second-order valence-corrected chi connectivity index (χ2v) is 5.59. The molecule has 1 heterocycles. The summed E-state index contributed by atoms with van der Waals surface area (Å²) in [5, 5.41) is 8.23. The van der Waals surface area contributed by atoms with E-state index in [2.05, 4.69) is 10.9 Å². The molecule has 1 aromatic carbocycles. The molecule has 0 saturated carbocycles. The maximum absolute atomic E-state index is 10.8. The Hall–Kier alpha value is -1.45. The van der Waals surface area contributed by atoms with E-state index in [-0.39, 0.29) is 0 Å². The van der Waals surface area contributed by atoms with Gasteiger partial charge in [0.2, 0.25) is 0 Å². The van der Waals surface area contributed by atoms with Crippen LogP contribution in [0.25, 0.3) is 0 Å². The van der Waals surface area contributed by atoms with Crippen LogP contribution in [0.3, 0.4) is 0 Å². The van der Waals surface area contributed by atoms with Crippen molar-refractivity contribution in [3.05, 3.63) is 35.9 Å². The highest BCUT2D eigenvalue weighted by Gasteiger charge is 2.33. The van der Waals surface area contributed by atoms with Crippen LogP contribution in [0.2, 0.25) is 0 Å². The molecule has 2 rings (SSSR count). The van der Waals surface area contributed by atoms with Crippen molar-refractivity contribution in [2.24, 2.45) is 0 Å². The van der Waals surface area contributed by atoms with Crippen LogP contribution in [0.1, 0.15) is 32.3 Å². The standard InChI is InChI=1S/C14H16O2.C3H7FO2/c1-2-14(9-6-10-16-14)12-15-11-13-7-4-3-5-8-13;1-3(2,5)6-4/h1,3-5,7-8H,6,9-12H2;5H,1-2H3. The minimum Gasteiger partial charge on any atom is -0.373 e. The first-order valence-corrected chi connectivity index (χ1v) is 7.16. The van der Waals surface area contributed by atoms with Gasteiger partial charge in [0.1, 0.15) is 0 Å². The third-order valence-electron chi connectivity index (χ3n) is 3.00. The summed E-state index contributed by atoms with van der Waals surface area (Å²) >= 11 is 0. The molecular weight excluding hydrogens is 287 g/mol. The number of hydrogen-bond donors (Lipinski definition) is 1. The van der Waals surface area contributed by atoms with E-state index in [9.17, 15) is 4.53 Å². The van der Waals surface area contributed by atoms with Gasteiger partial charge in [-0.1, -0.05) is 36.3 Å². The third kappa shape index (κ3) is 7.01. The summed E-state index contributed by atoms with van der Waals surface area (Å²) in [5.41, 5.74) is 0.682. The van der Waals surface area contributed by atoms with Crippen molar-refractivity contribution in [2.45, 2.75) is 44.7 Å². The number of aliphatic hydroxyl groups is 1. The fourth-order valence-electron chi connectivity index (χ4n) is 1.87. The number of hydrogen-bond acceptors (Lipinski definition) is 4. The largest absolute Gasteiger partial charge is 0.373 e. The van der Waals surface area contributed by atoms with E-state index in [1.165, 1.54) is 13.8 Å². The molecule has 1 aliphatic heterocycles. The van der Waals surface area contributed by atoms with Crippen LogP contribution in [0.15, 0.2) is 30.3 Å². The minimum absolute atomic E-state index is 0.477. The topological polar surface area (TPSA) is 47.9 Å². The molecule has 1 aliphatic rings. The van der Waals surface area contributed by atoms with Crippen LogP contribution in [0.5, 0.6) is 0 Å². The zero-order chi connectivity index (χ0) is 16.5. The fourth-order valence-corrected chi connectivity index (χ4v) is 1.87. The Morgan fingerprint density at radius 1 is 1.41 bits per heavy atom. The minimum atomic E-state index is -1.62. The van der Waals surface area contributed by atoms with Crippen LogP contribution in [0.4, 0.5) is 4.53 Å². The van der Waals surface area contributed by atoms with Crippen LogP contribution < -0.4 is 0 Å². The highest BCUT2D eigenvalue weighted by molar-refractivity contribution is 5.14. The summed E-state index contributed by atoms with van der Waals surface area (Å²) in [6, 6.07) is 10.1. The molecule has 1 unspecified atom stereocenters. The third-order valence-corrected chi connectivity index (χ3v) is 3.00. The molecule has 22 heavy (non-hydrogen) atoms. The van der Waals surface area contributed by atoms with E-state index < -0.39 is 11.4 Å². The van der Waals surface area contributed by atoms with E-state index >= 15 is 0 Å². The predicted molar refractivity (Wildman–Crippen MR) is 81.3 cm³/mol. The zero-order valence-electron chi connectivity index (χ0n) is 13.0. The maximum Gasteiger partial charge on any atom is 0.198 e. The molecule has 1 aromatic rings. The van der Waals surface area contributed by atoms with Gasteiger partial charge in [-0.25, -0.2) is 0 Å². The van der Waals surface area contributed by atoms with E-state index in [4.69, 9.17) is 21.0 Å². The van der Waals surface area contributed by atoms with Gasteiger partial charge in [0.15, 0.2) is 11.4 Å². The second-order valence-electron chi connectivity index (χ2n) is 5.59. The van der Waals surface area contributed by atoms with Crippen molar-refractivity contribution in [1.29, 1.82) is 0 Å². The SMILES string of the molecule is C#CC1(COCc2ccccc2)CCCO1.CC(C)(O)OF. The monoisotopic (exact) mass is 310 g/mol. The van der Waals surface area contributed by atoms with Gasteiger partial charge in [-0.2, -0.15) is 4.94 Å². The molecule has 0 amide bonds. The van der Waals surface area contributed by atoms with E-state index in [1.807, 2.05) is 30.3 Å². The first-order chi connectivity index (χ1) is 10.4. The molecule has 0 bridgehead atoms. The van der Waals surface area contributed by atoms with Gasteiger partial charge < -0.3 is 14.6 Å². The molecule has 1 N–H and O–H groups in total. The van der Waals surface area contributed by atoms with Crippen LogP contribution >= 0.6 is 0 Å². The summed E-state index contributed by atoms with van der Waals surface area (Å²) in [6.07, 6.45) is 7.42. The maximum atomic E-state index is 10.8. The predicted octanol–water partition coefficient (Wildman–Crippen LogP) is 3.00. The first-order valence-electron chi connectivity index (χ1n) is 7.16. The Bertz CT molecular complexity index is 456. The normalized spacial score (nSPS) is 20.9. The Morgan fingerprint density at radius 3 is 2.50 bits per heavy atom. The number of benzene rings is 1. The lowest BCUT2D eigenvalue weighted by Gasteiger charge is -2.21. The van der Waals surface area contributed by atoms with Crippen molar-refractivity contribution < 1.29 is 24.0 Å². The number of rotatable bonds is 5. The Labute approximate surface area is 131 Å². The van der Waals surface area contributed by atoms with Crippen LogP contribution in [-0.2, 0) is 21.0 Å². The van der Waals surface area contributed by atoms with Gasteiger partial charge in [-0.3, -0.25) is 0 Å². The lowest BCUT2D eigenvalue weighted by molar-refractivity contribution is -0.309. The molecule has 1 fully saturated rings. The molecule has 0 aromatic heterocycles. The summed E-state index contributed by atoms with van der Waals surface area (Å²) in [7, 11) is 0. The number of ether oxygens (including phenoxy) is 2. The average Bonchev–Trinajstić information content (AvgIpc) is 2.98. The number of halogens is 1. The van der Waals surface area contributed by atoms with Crippen LogP contribution in [0, 0.1) is 12.3 Å². The summed E-state index contributed by atoms with van der Waals surface area (Å²) in [5.74, 6) is 1.09. The molecule has 0 radical (unpaired) electrons. The van der Waals surface area contributed by atoms with Gasteiger partial charge in [0.05, 0.1) is 13.2 Å². The smallest absolute Gasteiger partial charge is 0.198 e. The Morgan fingerprint density at radius 2 is 2.05 bits per heavy atom. The summed E-state index contributed by atoms with van der Waals surface area (Å²) in [6.45, 7) is 4.23. The molecule has 1 atom stereocenters. The molecule has 1 saturated heterocycles. The van der Waals surface area contributed by atoms with Gasteiger partial charge >= 0.3 is 0 Å². The van der Waals surface area contributed by atoms with E-state index in [0.29, 0.717) is 13.2 Å². The number of terminal acetylenes is 1. The highest BCUT2D eigenvalue weighted by Crippen LogP contribution is 2.25. The molecule has 4 nitrogen and oxygen atoms in total. The zero-order valence-corrected chi connectivity index (χ0v) is 13.0. The fraction of sp³-hybridized carbons (Fsp3) is 0.529. The Balaban J connectivity index is 0.000000346. The van der Waals surface area contributed by atoms with Crippen molar-refractivity contribution in [3.63, 3.8) is 0 Å². The molecule has 0 aliphatic carbocycles. The highest BCUT2D eigenvalue weighted by atomic mass is 19.3. The van der Waals surface area contributed by atoms with Gasteiger partial charge in [0.25, 0.3) is 0 Å². The summed E-state index contributed by atoms with van der Waals surface area (Å²) in [4.78, 5) is 2.99. The van der Waals surface area contributed by atoms with Gasteiger partial charge in [-0.15, -0.1) is 6.42 Å². The van der Waals surface area contributed by atoms with Crippen molar-refractivity contribution in [2.75, 3.05) is 13.2 Å². The lowest BCUT2D eigenvalue weighted by Crippen LogP contribution is -2.31. The van der Waals surface area contributed by atoms with Crippen molar-refractivity contribution in [3.8, 4) is 12.3 Å². The quantitative estimate of drug-likeness (QED) is 0.671. The Kier molecular flexibility index (Phi) is 7.49. The lowest BCUT2D eigenvalue weighted by atomic mass is 10.0. The average molecular weight is 310 g/mol. The molecule has 0 spiro atoms. The van der Waals surface area contributed by atoms with Gasteiger partial charge in [-0.05, 0) is 36.8 Å². The molecule has 5 heteroatoms. The van der Waals surface area contributed by atoms with Crippen molar-refractivity contribution >= 4 is 0 Å². The van der Waals surface area contributed by atoms with Gasteiger partial charge in [0, 0.05) is 6.61 Å². The van der Waals surface area contributed by atoms with Crippen molar-refractivity contribution in [1.82, 2.24) is 0 Å². The second kappa shape index (κ2) is 8.86. The van der Waals surface area contributed by atoms with E-state index in [1.54, 1.807) is 0 Å². The molecule has 122 valence electrons. The van der Waals surface area contributed by atoms with Crippen LogP contribution in [-0.4, -0.2) is 29.7 Å². The summed E-state index contributed by atoms with van der Waals surface area (Å²) < 4.78 is 21.9. The van der Waals surface area contributed by atoms with E-state index in [0.717, 1.165) is 25.0 Å². The first kappa shape index (κ1) is 18.6. The molecular formula is C17H23FO4.